The Labute approximate surface area is 47.9 Å². The molecule has 1 aliphatic rings. The third-order valence-corrected chi connectivity index (χ3v) is 1.14. The molecule has 1 N–H and O–H groups in total. The molecule has 0 radical (unpaired) electrons. The molecule has 0 fully saturated rings. The van der Waals surface area contributed by atoms with Crippen molar-refractivity contribution in [1.82, 2.24) is 5.32 Å². The molecule has 2 heteroatoms. The highest BCUT2D eigenvalue weighted by Crippen LogP contribution is 2.08. The Morgan fingerprint density at radius 2 is 2.50 bits per heavy atom. The van der Waals surface area contributed by atoms with Crippen LogP contribution in [0.1, 0.15) is 6.92 Å². The molecule has 0 amide bonds. The second kappa shape index (κ2) is 1.99. The number of rotatable bonds is 0. The van der Waals surface area contributed by atoms with Crippen molar-refractivity contribution in [2.45, 2.75) is 6.92 Å². The maximum Gasteiger partial charge on any atom is 0.122 e. The highest BCUT2D eigenvalue weighted by Gasteiger charge is 1.99. The summed E-state index contributed by atoms with van der Waals surface area (Å²) in [6, 6.07) is 0. The van der Waals surface area contributed by atoms with Gasteiger partial charge in [0.15, 0.2) is 0 Å². The van der Waals surface area contributed by atoms with Crippen LogP contribution >= 0.6 is 0 Å². The lowest BCUT2D eigenvalue weighted by Crippen LogP contribution is -2.11. The Bertz CT molecular complexity index is 147. The zero-order valence-corrected chi connectivity index (χ0v) is 4.74. The van der Waals surface area contributed by atoms with E-state index >= 15 is 0 Å². The molecule has 1 heterocycles. The fourth-order valence-electron chi connectivity index (χ4n) is 0.562. The lowest BCUT2D eigenvalue weighted by molar-refractivity contribution is 0.584. The molecule has 0 saturated carbocycles. The van der Waals surface area contributed by atoms with Crippen molar-refractivity contribution in [2.24, 2.45) is 0 Å². The van der Waals surface area contributed by atoms with Gasteiger partial charge < -0.3 is 5.32 Å². The first kappa shape index (κ1) is 5.35. The van der Waals surface area contributed by atoms with Gasteiger partial charge >= 0.3 is 0 Å². The van der Waals surface area contributed by atoms with Gasteiger partial charge in [-0.3, -0.25) is 0 Å². The second-order valence-corrected chi connectivity index (χ2v) is 1.80. The van der Waals surface area contributed by atoms with E-state index in [0.717, 1.165) is 5.57 Å². The van der Waals surface area contributed by atoms with E-state index in [9.17, 15) is 4.39 Å². The third kappa shape index (κ3) is 0.886. The lowest BCUT2D eigenvalue weighted by atomic mass is 10.2. The lowest BCUT2D eigenvalue weighted by Gasteiger charge is -2.05. The summed E-state index contributed by atoms with van der Waals surface area (Å²) in [6.07, 6.45) is 3.47. The van der Waals surface area contributed by atoms with Crippen LogP contribution in [0.4, 0.5) is 4.39 Å². The average Bonchev–Trinajstić information content (AvgIpc) is 1.77. The topological polar surface area (TPSA) is 12.0 Å². The molecule has 0 spiro atoms. The number of allylic oxidation sites excluding steroid dienone is 2. The van der Waals surface area contributed by atoms with Gasteiger partial charge in [0.1, 0.15) is 5.83 Å². The monoisotopic (exact) mass is 113 g/mol. The molecule has 0 aromatic carbocycles. The zero-order valence-electron chi connectivity index (χ0n) is 4.74. The summed E-state index contributed by atoms with van der Waals surface area (Å²) in [7, 11) is 0. The first-order valence-electron chi connectivity index (χ1n) is 2.56. The maximum absolute atomic E-state index is 12.3. The van der Waals surface area contributed by atoms with Crippen LogP contribution in [0, 0.1) is 0 Å². The summed E-state index contributed by atoms with van der Waals surface area (Å²) in [4.78, 5) is 0. The van der Waals surface area contributed by atoms with Crippen LogP contribution in [-0.2, 0) is 0 Å². The van der Waals surface area contributed by atoms with E-state index in [2.05, 4.69) is 5.32 Å². The molecule has 0 aromatic rings. The van der Waals surface area contributed by atoms with Crippen molar-refractivity contribution < 1.29 is 4.39 Å². The molecule has 1 nitrogen and oxygen atoms in total. The van der Waals surface area contributed by atoms with Gasteiger partial charge in [-0.2, -0.15) is 0 Å². The van der Waals surface area contributed by atoms with Gasteiger partial charge in [-0.05, 0) is 24.8 Å². The number of dihydropyridines is 1. The summed E-state index contributed by atoms with van der Waals surface area (Å²) in [5.74, 6) is -0.0625. The molecule has 8 heavy (non-hydrogen) atoms. The van der Waals surface area contributed by atoms with Gasteiger partial charge in [0, 0.05) is 0 Å². The van der Waals surface area contributed by atoms with Gasteiger partial charge in [0.25, 0.3) is 0 Å². The Kier molecular flexibility index (Phi) is 1.33. The fourth-order valence-corrected chi connectivity index (χ4v) is 0.562. The van der Waals surface area contributed by atoms with Crippen molar-refractivity contribution in [3.8, 4) is 0 Å². The van der Waals surface area contributed by atoms with Crippen LogP contribution in [0.2, 0.25) is 0 Å². The first-order valence-corrected chi connectivity index (χ1v) is 2.56. The van der Waals surface area contributed by atoms with E-state index in [1.165, 1.54) is 0 Å². The standard InChI is InChI=1S/C6H8FN/c1-5-2-3-8-4-6(5)7/h2-3,8H,4H2,1H3. The first-order chi connectivity index (χ1) is 3.80. The molecule has 1 aliphatic heterocycles. The number of hydrogen-bond donors (Lipinski definition) is 1. The van der Waals surface area contributed by atoms with Gasteiger partial charge in [0.05, 0.1) is 6.54 Å². The predicted molar refractivity (Wildman–Crippen MR) is 31.0 cm³/mol. The van der Waals surface area contributed by atoms with Crippen molar-refractivity contribution >= 4 is 0 Å². The molecule has 0 aliphatic carbocycles. The van der Waals surface area contributed by atoms with Crippen molar-refractivity contribution in [3.63, 3.8) is 0 Å². The molecular formula is C6H8FN. The van der Waals surface area contributed by atoms with E-state index in [4.69, 9.17) is 0 Å². The largest absolute Gasteiger partial charge is 0.384 e. The summed E-state index contributed by atoms with van der Waals surface area (Å²) in [5, 5.41) is 2.75. The summed E-state index contributed by atoms with van der Waals surface area (Å²) >= 11 is 0. The van der Waals surface area contributed by atoms with Crippen LogP contribution in [0.25, 0.3) is 0 Å². The third-order valence-electron chi connectivity index (χ3n) is 1.14. The molecule has 44 valence electrons. The van der Waals surface area contributed by atoms with Crippen LogP contribution in [-0.4, -0.2) is 6.54 Å². The summed E-state index contributed by atoms with van der Waals surface area (Å²) < 4.78 is 12.3. The highest BCUT2D eigenvalue weighted by molar-refractivity contribution is 5.23. The minimum atomic E-state index is -0.0625. The zero-order chi connectivity index (χ0) is 5.98. The predicted octanol–water partition coefficient (Wildman–Crippen LogP) is 1.35. The number of nitrogens with one attached hydrogen (secondary N) is 1. The van der Waals surface area contributed by atoms with Gasteiger partial charge in [0.2, 0.25) is 0 Å². The smallest absolute Gasteiger partial charge is 0.122 e. The fraction of sp³-hybridized carbons (Fsp3) is 0.333. The Balaban J connectivity index is 2.76. The highest BCUT2D eigenvalue weighted by atomic mass is 19.1. The van der Waals surface area contributed by atoms with E-state index in [1.54, 1.807) is 19.2 Å². The van der Waals surface area contributed by atoms with E-state index < -0.39 is 0 Å². The van der Waals surface area contributed by atoms with E-state index in [-0.39, 0.29) is 5.83 Å². The normalized spacial score (nSPS) is 18.8. The van der Waals surface area contributed by atoms with Crippen molar-refractivity contribution in [1.29, 1.82) is 0 Å². The molecule has 0 saturated heterocycles. The van der Waals surface area contributed by atoms with Crippen molar-refractivity contribution in [3.05, 3.63) is 23.7 Å². The molecule has 0 unspecified atom stereocenters. The van der Waals surface area contributed by atoms with Gasteiger partial charge in [-0.25, -0.2) is 4.39 Å². The summed E-state index contributed by atoms with van der Waals surface area (Å²) in [6.45, 7) is 2.11. The average molecular weight is 113 g/mol. The molecular weight excluding hydrogens is 105 g/mol. The van der Waals surface area contributed by atoms with E-state index in [0.29, 0.717) is 6.54 Å². The number of halogens is 1. The minimum Gasteiger partial charge on any atom is -0.384 e. The molecule has 0 bridgehead atoms. The molecule has 1 rings (SSSR count). The Morgan fingerprint density at radius 1 is 1.75 bits per heavy atom. The van der Waals surface area contributed by atoms with Crippen molar-refractivity contribution in [2.75, 3.05) is 6.54 Å². The van der Waals surface area contributed by atoms with Gasteiger partial charge in [-0.1, -0.05) is 0 Å². The van der Waals surface area contributed by atoms with Crippen LogP contribution < -0.4 is 5.32 Å². The quantitative estimate of drug-likeness (QED) is 0.500. The van der Waals surface area contributed by atoms with Crippen LogP contribution in [0.15, 0.2) is 23.7 Å². The van der Waals surface area contributed by atoms with Crippen LogP contribution in [0.3, 0.4) is 0 Å². The second-order valence-electron chi connectivity index (χ2n) is 1.80. The van der Waals surface area contributed by atoms with E-state index in [1.807, 2.05) is 0 Å². The maximum atomic E-state index is 12.3. The summed E-state index contributed by atoms with van der Waals surface area (Å²) in [5.41, 5.74) is 0.726. The van der Waals surface area contributed by atoms with Gasteiger partial charge in [-0.15, -0.1) is 0 Å². The van der Waals surface area contributed by atoms with Crippen LogP contribution in [0.5, 0.6) is 0 Å². The Morgan fingerprint density at radius 3 is 2.88 bits per heavy atom. The Hall–Kier alpha value is -0.790. The molecule has 0 atom stereocenters. The number of hydrogen-bond acceptors (Lipinski definition) is 1. The SMILES string of the molecule is CC1=C(F)CNC=C1. The minimum absolute atomic E-state index is 0.0625. The molecule has 0 aromatic heterocycles.